The molecule has 0 radical (unpaired) electrons. The van der Waals surface area contributed by atoms with Crippen molar-refractivity contribution >= 4 is 23.0 Å². The van der Waals surface area contributed by atoms with Crippen molar-refractivity contribution in [3.05, 3.63) is 42.0 Å². The van der Waals surface area contributed by atoms with Crippen LogP contribution in [-0.4, -0.2) is 35.6 Å². The summed E-state index contributed by atoms with van der Waals surface area (Å²) in [6.45, 7) is 9.38. The maximum absolute atomic E-state index is 10.2. The number of likely N-dealkylation sites (tertiary alicyclic amines) is 1. The Hall–Kier alpha value is -1.92. The molecule has 0 atom stereocenters. The summed E-state index contributed by atoms with van der Waals surface area (Å²) in [6, 6.07) is 5.66. The fourth-order valence-corrected chi connectivity index (χ4v) is 2.98. The molecule has 1 aliphatic rings. The van der Waals surface area contributed by atoms with Crippen LogP contribution in [0.2, 0.25) is 0 Å². The summed E-state index contributed by atoms with van der Waals surface area (Å²) in [4.78, 5) is 1.54. The highest BCUT2D eigenvalue weighted by atomic mass is 32.1. The fraction of sp³-hybridized carbons (Fsp3) is 0.444. The summed E-state index contributed by atoms with van der Waals surface area (Å²) < 4.78 is 0. The first kappa shape index (κ1) is 18.4. The van der Waals surface area contributed by atoms with Gasteiger partial charge in [-0.1, -0.05) is 6.08 Å². The van der Waals surface area contributed by atoms with Crippen molar-refractivity contribution in [1.82, 2.24) is 10.7 Å². The topological polar surface area (TPSA) is 61.1 Å². The van der Waals surface area contributed by atoms with Crippen LogP contribution in [0.4, 0.5) is 0 Å². The fourth-order valence-electron chi connectivity index (χ4n) is 2.85. The Morgan fingerprint density at radius 2 is 2.12 bits per heavy atom. The van der Waals surface area contributed by atoms with E-state index in [0.717, 1.165) is 23.4 Å². The second-order valence-electron chi connectivity index (χ2n) is 6.14. The maximum Gasteiger partial charge on any atom is 0.187 e. The van der Waals surface area contributed by atoms with E-state index < -0.39 is 0 Å². The van der Waals surface area contributed by atoms with E-state index in [2.05, 4.69) is 22.4 Å². The molecule has 0 bridgehead atoms. The molecule has 4 N–H and O–H groups in total. The van der Waals surface area contributed by atoms with Crippen LogP contribution in [0.3, 0.4) is 0 Å². The molecule has 0 amide bonds. The number of nitrogens with one attached hydrogen (secondary N) is 3. The van der Waals surface area contributed by atoms with Gasteiger partial charge >= 0.3 is 0 Å². The average molecular weight is 348 g/mol. The first-order valence-corrected chi connectivity index (χ1v) is 8.86. The molecule has 1 heterocycles. The SMILES string of the molecule is C=CCNC(=S)N/N=C(\C)c1ccc(O)c(C[NH+]2CCCCC2)c1. The van der Waals surface area contributed by atoms with Crippen LogP contribution in [0.1, 0.15) is 37.3 Å². The number of hydrazone groups is 1. The van der Waals surface area contributed by atoms with Gasteiger partial charge in [-0.3, -0.25) is 5.43 Å². The summed E-state index contributed by atoms with van der Waals surface area (Å²) in [5.41, 5.74) is 5.61. The van der Waals surface area contributed by atoms with Crippen LogP contribution < -0.4 is 15.6 Å². The number of benzene rings is 1. The van der Waals surface area contributed by atoms with Gasteiger partial charge in [0, 0.05) is 12.1 Å². The van der Waals surface area contributed by atoms with Gasteiger partial charge in [0.1, 0.15) is 12.3 Å². The standard InChI is InChI=1S/C18H26N4OS/c1-3-9-19-18(24)21-20-14(2)15-7-8-17(23)16(12-15)13-22-10-5-4-6-11-22/h3,7-8,12,23H,1,4-6,9-11,13H2,2H3,(H2,19,21,24)/p+1/b20-14+. The number of hydrogen-bond donors (Lipinski definition) is 4. The molecule has 1 aromatic carbocycles. The molecule has 0 saturated carbocycles. The van der Waals surface area contributed by atoms with Crippen molar-refractivity contribution in [2.24, 2.45) is 5.10 Å². The van der Waals surface area contributed by atoms with Crippen molar-refractivity contribution < 1.29 is 10.0 Å². The molecule has 1 fully saturated rings. The summed E-state index contributed by atoms with van der Waals surface area (Å²) in [5.74, 6) is 0.362. The second kappa shape index (κ2) is 9.39. The van der Waals surface area contributed by atoms with E-state index in [0.29, 0.717) is 17.4 Å². The van der Waals surface area contributed by atoms with E-state index >= 15 is 0 Å². The quantitative estimate of drug-likeness (QED) is 0.271. The molecule has 0 spiro atoms. The summed E-state index contributed by atoms with van der Waals surface area (Å²) in [7, 11) is 0. The average Bonchev–Trinajstić information content (AvgIpc) is 2.60. The number of quaternary nitrogens is 1. The number of hydrogen-bond acceptors (Lipinski definition) is 3. The first-order chi connectivity index (χ1) is 11.6. The molecule has 2 rings (SSSR count). The van der Waals surface area contributed by atoms with E-state index in [4.69, 9.17) is 12.2 Å². The number of nitrogens with zero attached hydrogens (tertiary/aromatic N) is 1. The van der Waals surface area contributed by atoms with Gasteiger partial charge in [0.2, 0.25) is 0 Å². The van der Waals surface area contributed by atoms with Crippen molar-refractivity contribution in [2.75, 3.05) is 19.6 Å². The van der Waals surface area contributed by atoms with Gasteiger partial charge in [-0.2, -0.15) is 5.10 Å². The van der Waals surface area contributed by atoms with Gasteiger partial charge < -0.3 is 15.3 Å². The summed E-state index contributed by atoms with van der Waals surface area (Å²) >= 11 is 5.12. The number of piperidine rings is 1. The molecule has 6 heteroatoms. The largest absolute Gasteiger partial charge is 0.507 e. The van der Waals surface area contributed by atoms with Crippen LogP contribution in [0.15, 0.2) is 36.0 Å². The van der Waals surface area contributed by atoms with Crippen LogP contribution in [-0.2, 0) is 6.54 Å². The highest BCUT2D eigenvalue weighted by Crippen LogP contribution is 2.18. The minimum absolute atomic E-state index is 0.362. The van der Waals surface area contributed by atoms with E-state index in [1.165, 1.54) is 37.3 Å². The predicted octanol–water partition coefficient (Wildman–Crippen LogP) is 1.34. The number of thiocarbonyl (C=S) groups is 1. The van der Waals surface area contributed by atoms with E-state index in [9.17, 15) is 5.11 Å². The number of phenols is 1. The van der Waals surface area contributed by atoms with Crippen LogP contribution in [0.25, 0.3) is 0 Å². The second-order valence-corrected chi connectivity index (χ2v) is 6.55. The molecule has 1 aromatic rings. The van der Waals surface area contributed by atoms with E-state index in [1.54, 1.807) is 12.1 Å². The Morgan fingerprint density at radius 1 is 1.38 bits per heavy atom. The number of rotatable bonds is 6. The lowest BCUT2D eigenvalue weighted by Crippen LogP contribution is -3.11. The predicted molar refractivity (Wildman–Crippen MR) is 103 cm³/mol. The highest BCUT2D eigenvalue weighted by Gasteiger charge is 2.16. The third-order valence-electron chi connectivity index (χ3n) is 4.23. The zero-order chi connectivity index (χ0) is 17.4. The van der Waals surface area contributed by atoms with Crippen molar-refractivity contribution in [3.63, 3.8) is 0 Å². The van der Waals surface area contributed by atoms with Crippen molar-refractivity contribution in [2.45, 2.75) is 32.7 Å². The van der Waals surface area contributed by atoms with Crippen molar-refractivity contribution in [3.8, 4) is 5.75 Å². The highest BCUT2D eigenvalue weighted by molar-refractivity contribution is 7.80. The molecule has 1 aliphatic heterocycles. The Morgan fingerprint density at radius 3 is 2.83 bits per heavy atom. The van der Waals surface area contributed by atoms with Crippen LogP contribution in [0, 0.1) is 0 Å². The lowest BCUT2D eigenvalue weighted by molar-refractivity contribution is -0.918. The molecular formula is C18H27N4OS+. The smallest absolute Gasteiger partial charge is 0.187 e. The summed E-state index contributed by atoms with van der Waals surface area (Å²) in [5, 5.41) is 17.9. The molecule has 130 valence electrons. The minimum atomic E-state index is 0.362. The van der Waals surface area contributed by atoms with Gasteiger partial charge in [0.05, 0.1) is 18.8 Å². The van der Waals surface area contributed by atoms with Crippen molar-refractivity contribution in [1.29, 1.82) is 0 Å². The van der Waals surface area contributed by atoms with Crippen LogP contribution >= 0.6 is 12.2 Å². The van der Waals surface area contributed by atoms with Gasteiger partial charge in [-0.25, -0.2) is 0 Å². The van der Waals surface area contributed by atoms with Gasteiger partial charge in [0.15, 0.2) is 5.11 Å². The zero-order valence-corrected chi connectivity index (χ0v) is 15.1. The Bertz CT molecular complexity index is 609. The van der Waals surface area contributed by atoms with Gasteiger partial charge in [0.25, 0.3) is 0 Å². The monoisotopic (exact) mass is 347 g/mol. The zero-order valence-electron chi connectivity index (χ0n) is 14.3. The van der Waals surface area contributed by atoms with E-state index in [-0.39, 0.29) is 0 Å². The molecule has 0 aromatic heterocycles. The Labute approximate surface area is 149 Å². The third-order valence-corrected chi connectivity index (χ3v) is 4.47. The number of aromatic hydroxyl groups is 1. The number of phenolic OH excluding ortho intramolecular Hbond substituents is 1. The summed E-state index contributed by atoms with van der Waals surface area (Å²) in [6.07, 6.45) is 5.61. The van der Waals surface area contributed by atoms with Gasteiger partial charge in [-0.05, 0) is 62.2 Å². The molecule has 0 aliphatic carbocycles. The lowest BCUT2D eigenvalue weighted by Gasteiger charge is -2.24. The third kappa shape index (κ3) is 5.62. The first-order valence-electron chi connectivity index (χ1n) is 8.45. The van der Waals surface area contributed by atoms with Gasteiger partial charge in [-0.15, -0.1) is 6.58 Å². The Balaban J connectivity index is 2.02. The molecule has 1 saturated heterocycles. The lowest BCUT2D eigenvalue weighted by atomic mass is 10.0. The molecule has 0 unspecified atom stereocenters. The molecular weight excluding hydrogens is 320 g/mol. The Kier molecular flexibility index (Phi) is 7.21. The molecule has 24 heavy (non-hydrogen) atoms. The van der Waals surface area contributed by atoms with E-state index in [1.807, 2.05) is 19.1 Å². The molecule has 5 nitrogen and oxygen atoms in total. The normalized spacial score (nSPS) is 15.8. The maximum atomic E-state index is 10.2. The minimum Gasteiger partial charge on any atom is -0.507 e. The van der Waals surface area contributed by atoms with Crippen LogP contribution in [0.5, 0.6) is 5.75 Å².